The van der Waals surface area contributed by atoms with Crippen molar-refractivity contribution in [2.45, 2.75) is 31.8 Å². The van der Waals surface area contributed by atoms with Crippen LogP contribution in [0.3, 0.4) is 0 Å². The van der Waals surface area contributed by atoms with Crippen LogP contribution in [-0.4, -0.2) is 18.3 Å². The zero-order valence-electron chi connectivity index (χ0n) is 19.4. The number of rotatable bonds is 5. The van der Waals surface area contributed by atoms with E-state index in [9.17, 15) is 0 Å². The number of hydrogen-bond acceptors (Lipinski definition) is 1. The first kappa shape index (κ1) is 13.4. The maximum absolute atomic E-state index is 8.27. The number of nitrogens with zero attached hydrogens (tertiary/aromatic N) is 1. The van der Waals surface area contributed by atoms with E-state index in [-0.39, 0.29) is 24.2 Å². The van der Waals surface area contributed by atoms with Gasteiger partial charge in [0.1, 0.15) is 0 Å². The van der Waals surface area contributed by atoms with Crippen LogP contribution in [0, 0.1) is 5.92 Å². The molecule has 25 heavy (non-hydrogen) atoms. The Labute approximate surface area is 160 Å². The Morgan fingerprint density at radius 3 is 2.52 bits per heavy atom. The van der Waals surface area contributed by atoms with Crippen molar-refractivity contribution in [1.29, 1.82) is 0 Å². The summed E-state index contributed by atoms with van der Waals surface area (Å²) in [5.41, 5.74) is 2.31. The minimum atomic E-state index is -2.55. The summed E-state index contributed by atoms with van der Waals surface area (Å²) < 4.78 is 34.7. The average Bonchev–Trinajstić information content (AvgIpc) is 2.69. The monoisotopic (exact) mass is 395 g/mol. The van der Waals surface area contributed by atoms with Crippen LogP contribution in [0.1, 0.15) is 24.9 Å². The molecule has 0 unspecified atom stereocenters. The second kappa shape index (κ2) is 7.57. The van der Waals surface area contributed by atoms with Gasteiger partial charge in [0.05, 0.1) is 0 Å². The molecule has 0 N–H and O–H groups in total. The van der Waals surface area contributed by atoms with Crippen molar-refractivity contribution >= 4 is 22.1 Å². The first-order chi connectivity index (χ1) is 13.6. The van der Waals surface area contributed by atoms with Crippen LogP contribution in [0.5, 0.6) is 0 Å². The molecule has 0 fully saturated rings. The minimum absolute atomic E-state index is 0.0365. The fraction of sp³-hybridized carbons (Fsp3) is 0.261. The second-order valence-electron chi connectivity index (χ2n) is 7.39. The van der Waals surface area contributed by atoms with Crippen molar-refractivity contribution in [2.75, 3.05) is 0 Å². The zero-order chi connectivity index (χ0) is 21.3. The van der Waals surface area contributed by atoms with Gasteiger partial charge >= 0.3 is 160 Å². The van der Waals surface area contributed by atoms with E-state index in [2.05, 4.69) is 54.6 Å². The summed E-state index contributed by atoms with van der Waals surface area (Å²) in [6, 6.07) is 13.7. The number of hydrogen-bond donors (Lipinski definition) is 0. The molecular weight excluding hydrogens is 363 g/mol. The molecule has 0 radical (unpaired) electrons. The molecule has 1 aromatic heterocycles. The van der Waals surface area contributed by atoms with E-state index < -0.39 is 13.3 Å². The Morgan fingerprint density at radius 1 is 1.04 bits per heavy atom. The molecule has 3 rings (SSSR count). The SMILES string of the molecule is [2H]c1cc(-c2cc(CC(C)C)[c]([Ge]([CH3])([CH3])[c]3ccccc3)cn2)c([2H])c([2H])c1[2H]. The molecule has 0 amide bonds. The Hall–Kier alpha value is -1.87. The summed E-state index contributed by atoms with van der Waals surface area (Å²) in [6.45, 7) is 4.39. The van der Waals surface area contributed by atoms with Gasteiger partial charge in [-0.3, -0.25) is 0 Å². The summed E-state index contributed by atoms with van der Waals surface area (Å²) >= 11 is -2.55. The van der Waals surface area contributed by atoms with E-state index in [1.807, 2.05) is 18.3 Å². The fourth-order valence-corrected chi connectivity index (χ4v) is 8.91. The molecule has 0 atom stereocenters. The van der Waals surface area contributed by atoms with Gasteiger partial charge in [0.25, 0.3) is 0 Å². The van der Waals surface area contributed by atoms with Gasteiger partial charge in [0.2, 0.25) is 0 Å². The van der Waals surface area contributed by atoms with Crippen LogP contribution in [0.15, 0.2) is 72.8 Å². The van der Waals surface area contributed by atoms with Crippen molar-refractivity contribution in [3.63, 3.8) is 0 Å². The predicted molar refractivity (Wildman–Crippen MR) is 111 cm³/mol. The van der Waals surface area contributed by atoms with Gasteiger partial charge in [-0.1, -0.05) is 0 Å². The van der Waals surface area contributed by atoms with Gasteiger partial charge in [0.15, 0.2) is 0 Å². The normalized spacial score (nSPS) is 14.0. The molecule has 1 heterocycles. The predicted octanol–water partition coefficient (Wildman–Crippen LogP) is 4.77. The molecule has 128 valence electrons. The molecule has 1 nitrogen and oxygen atoms in total. The molecule has 0 saturated carbocycles. The molecule has 2 heteroatoms. The Balaban J connectivity index is 2.18. The zero-order valence-corrected chi connectivity index (χ0v) is 17.4. The molecule has 0 aliphatic rings. The van der Waals surface area contributed by atoms with Crippen LogP contribution in [-0.2, 0) is 6.42 Å². The van der Waals surface area contributed by atoms with Crippen LogP contribution in [0.25, 0.3) is 11.3 Å². The summed E-state index contributed by atoms with van der Waals surface area (Å²) in [5.74, 6) is 5.23. The van der Waals surface area contributed by atoms with E-state index in [0.29, 0.717) is 17.2 Å². The Morgan fingerprint density at radius 2 is 1.80 bits per heavy atom. The third-order valence-electron chi connectivity index (χ3n) is 4.61. The summed E-state index contributed by atoms with van der Waals surface area (Å²) in [6.07, 6.45) is 2.87. The first-order valence-corrected chi connectivity index (χ1v) is 15.0. The van der Waals surface area contributed by atoms with Crippen molar-refractivity contribution in [1.82, 2.24) is 4.98 Å². The molecule has 0 bridgehead atoms. The molecular formula is C23H27GeN. The maximum atomic E-state index is 8.27. The molecule has 3 aromatic rings. The number of aromatic nitrogens is 1. The van der Waals surface area contributed by atoms with E-state index >= 15 is 0 Å². The number of benzene rings is 2. The molecule has 0 saturated heterocycles. The summed E-state index contributed by atoms with van der Waals surface area (Å²) in [7, 11) is 0. The van der Waals surface area contributed by atoms with Crippen molar-refractivity contribution in [3.8, 4) is 11.3 Å². The van der Waals surface area contributed by atoms with Crippen LogP contribution < -0.4 is 8.79 Å². The Bertz CT molecular complexity index is 1030. The van der Waals surface area contributed by atoms with Gasteiger partial charge in [-0.05, 0) is 0 Å². The first-order valence-electron chi connectivity index (χ1n) is 10.8. The third-order valence-corrected chi connectivity index (χ3v) is 12.1. The van der Waals surface area contributed by atoms with E-state index in [0.717, 1.165) is 6.42 Å². The van der Waals surface area contributed by atoms with Crippen molar-refractivity contribution in [3.05, 3.63) is 78.4 Å². The van der Waals surface area contributed by atoms with Crippen LogP contribution in [0.4, 0.5) is 0 Å². The average molecular weight is 394 g/mol. The molecule has 2 aromatic carbocycles. The van der Waals surface area contributed by atoms with E-state index in [4.69, 9.17) is 5.48 Å². The van der Waals surface area contributed by atoms with Gasteiger partial charge < -0.3 is 0 Å². The quantitative estimate of drug-likeness (QED) is 0.569. The van der Waals surface area contributed by atoms with Crippen molar-refractivity contribution in [2.24, 2.45) is 5.92 Å². The molecule has 0 aliphatic heterocycles. The van der Waals surface area contributed by atoms with Gasteiger partial charge in [-0.25, -0.2) is 0 Å². The molecule has 0 spiro atoms. The summed E-state index contributed by atoms with van der Waals surface area (Å²) in [5, 5.41) is 0. The third kappa shape index (κ3) is 4.04. The van der Waals surface area contributed by atoms with Crippen LogP contribution >= 0.6 is 0 Å². The molecule has 0 aliphatic carbocycles. The second-order valence-corrected chi connectivity index (χ2v) is 16.6. The van der Waals surface area contributed by atoms with E-state index in [1.165, 1.54) is 20.4 Å². The van der Waals surface area contributed by atoms with Gasteiger partial charge in [-0.15, -0.1) is 0 Å². The Kier molecular flexibility index (Phi) is 4.04. The fourth-order valence-electron chi connectivity index (χ4n) is 3.24. The van der Waals surface area contributed by atoms with Crippen LogP contribution in [0.2, 0.25) is 11.5 Å². The van der Waals surface area contributed by atoms with Gasteiger partial charge in [-0.2, -0.15) is 0 Å². The summed E-state index contributed by atoms with van der Waals surface area (Å²) in [4.78, 5) is 4.68. The topological polar surface area (TPSA) is 12.9 Å². The standard InChI is InChI=1S/C23H27GeN/c1-18(2)15-20-16-23(19-11-7-5-8-12-19)25-17-22(20)24(3,4)21-13-9-6-10-14-21/h5-14,16-18H,15H2,1-4H3/i5D,7D,8D,11D. The number of pyridine rings is 1. The van der Waals surface area contributed by atoms with Crippen molar-refractivity contribution < 1.29 is 5.48 Å². The van der Waals surface area contributed by atoms with Gasteiger partial charge in [0, 0.05) is 0 Å². The van der Waals surface area contributed by atoms with E-state index in [1.54, 1.807) is 0 Å².